The Balaban J connectivity index is 2.04. The number of hydrazine groups is 1. The third-order valence-corrected chi connectivity index (χ3v) is 4.17. The van der Waals surface area contributed by atoms with Crippen LogP contribution in [0.5, 0.6) is 0 Å². The summed E-state index contributed by atoms with van der Waals surface area (Å²) in [4.78, 5) is 7.73. The summed E-state index contributed by atoms with van der Waals surface area (Å²) in [5.74, 6) is 5.29. The molecule has 8 heteroatoms. The molecule has 0 atom stereocenters. The van der Waals surface area contributed by atoms with E-state index in [9.17, 15) is 8.42 Å². The van der Waals surface area contributed by atoms with E-state index in [0.717, 1.165) is 5.56 Å². The van der Waals surface area contributed by atoms with Gasteiger partial charge in [0.2, 0.25) is 10.0 Å². The molecule has 0 fully saturated rings. The molecular formula is C12H15N5O2S. The largest absolute Gasteiger partial charge is 0.323 e. The van der Waals surface area contributed by atoms with Crippen LogP contribution in [-0.2, 0) is 16.4 Å². The Kier molecular flexibility index (Phi) is 4.61. The molecule has 106 valence electrons. The van der Waals surface area contributed by atoms with Gasteiger partial charge in [-0.25, -0.2) is 13.1 Å². The summed E-state index contributed by atoms with van der Waals surface area (Å²) in [5, 5.41) is 0. The lowest BCUT2D eigenvalue weighted by atomic mass is 10.2. The first kappa shape index (κ1) is 14.4. The number of hydrogen-bond donors (Lipinski definition) is 3. The second-order valence-electron chi connectivity index (χ2n) is 4.02. The van der Waals surface area contributed by atoms with Crippen LogP contribution in [0.1, 0.15) is 5.56 Å². The van der Waals surface area contributed by atoms with Gasteiger partial charge < -0.3 is 5.43 Å². The maximum Gasteiger partial charge on any atom is 0.244 e. The predicted molar refractivity (Wildman–Crippen MR) is 75.2 cm³/mol. The van der Waals surface area contributed by atoms with Crippen LogP contribution < -0.4 is 16.0 Å². The summed E-state index contributed by atoms with van der Waals surface area (Å²) < 4.78 is 26.8. The van der Waals surface area contributed by atoms with E-state index >= 15 is 0 Å². The van der Waals surface area contributed by atoms with Gasteiger partial charge in [0.25, 0.3) is 0 Å². The fraction of sp³-hybridized carbons (Fsp3) is 0.167. The maximum absolute atomic E-state index is 12.1. The lowest BCUT2D eigenvalue weighted by molar-refractivity contribution is 0.581. The van der Waals surface area contributed by atoms with Gasteiger partial charge in [0, 0.05) is 31.3 Å². The fourth-order valence-electron chi connectivity index (χ4n) is 1.67. The highest BCUT2D eigenvalue weighted by atomic mass is 32.2. The van der Waals surface area contributed by atoms with E-state index in [1.807, 2.05) is 12.1 Å². The molecule has 2 rings (SSSR count). The van der Waals surface area contributed by atoms with E-state index in [2.05, 4.69) is 20.1 Å². The molecule has 2 aromatic rings. The zero-order chi connectivity index (χ0) is 14.4. The molecule has 0 spiro atoms. The Labute approximate surface area is 117 Å². The Bertz CT molecular complexity index is 661. The molecule has 0 saturated heterocycles. The van der Waals surface area contributed by atoms with Crippen LogP contribution in [-0.4, -0.2) is 24.9 Å². The van der Waals surface area contributed by atoms with Crippen LogP contribution in [0.2, 0.25) is 0 Å². The van der Waals surface area contributed by atoms with Crippen molar-refractivity contribution in [3.63, 3.8) is 0 Å². The van der Waals surface area contributed by atoms with E-state index < -0.39 is 10.0 Å². The molecule has 0 amide bonds. The molecule has 0 unspecified atom stereocenters. The maximum atomic E-state index is 12.1. The summed E-state index contributed by atoms with van der Waals surface area (Å²) >= 11 is 0. The monoisotopic (exact) mass is 293 g/mol. The Hall–Kier alpha value is -2.03. The van der Waals surface area contributed by atoms with Crippen molar-refractivity contribution in [3.05, 3.63) is 48.5 Å². The molecule has 0 aromatic carbocycles. The van der Waals surface area contributed by atoms with E-state index in [4.69, 9.17) is 5.84 Å². The normalized spacial score (nSPS) is 11.2. The summed E-state index contributed by atoms with van der Waals surface area (Å²) in [6.07, 6.45) is 6.63. The minimum absolute atomic E-state index is 0.0252. The van der Waals surface area contributed by atoms with Crippen LogP contribution in [0.3, 0.4) is 0 Å². The highest BCUT2D eigenvalue weighted by Gasteiger charge is 2.17. The van der Waals surface area contributed by atoms with Crippen molar-refractivity contribution in [3.8, 4) is 0 Å². The molecule has 4 N–H and O–H groups in total. The molecule has 2 aromatic heterocycles. The second kappa shape index (κ2) is 6.42. The van der Waals surface area contributed by atoms with Crippen molar-refractivity contribution in [2.75, 3.05) is 12.0 Å². The van der Waals surface area contributed by atoms with Crippen molar-refractivity contribution in [2.45, 2.75) is 11.3 Å². The number of anilines is 1. The number of nitrogens with zero attached hydrogens (tertiary/aromatic N) is 2. The lowest BCUT2D eigenvalue weighted by Crippen LogP contribution is -2.27. The van der Waals surface area contributed by atoms with Crippen molar-refractivity contribution in [1.29, 1.82) is 0 Å². The van der Waals surface area contributed by atoms with Crippen molar-refractivity contribution < 1.29 is 8.42 Å². The van der Waals surface area contributed by atoms with Gasteiger partial charge in [-0.1, -0.05) is 0 Å². The summed E-state index contributed by atoms with van der Waals surface area (Å²) in [5.41, 5.74) is 3.65. The average Bonchev–Trinajstić information content (AvgIpc) is 2.48. The number of nitrogens with one attached hydrogen (secondary N) is 2. The number of pyridine rings is 2. The summed E-state index contributed by atoms with van der Waals surface area (Å²) in [6, 6.07) is 5.17. The standard InChI is InChI=1S/C12H15N5O2S/c13-17-11-4-7-15-9-12(11)20(18,19)16-8-3-10-1-5-14-6-2-10/h1-2,4-7,9,16H,3,8,13H2,(H,15,17). The SMILES string of the molecule is NNc1ccncc1S(=O)(=O)NCCc1ccncc1. The molecule has 0 aliphatic carbocycles. The number of nitrogens with two attached hydrogens (primary N) is 1. The third-order valence-electron chi connectivity index (χ3n) is 2.68. The van der Waals surface area contributed by atoms with E-state index in [0.29, 0.717) is 12.1 Å². The van der Waals surface area contributed by atoms with Gasteiger partial charge in [0.15, 0.2) is 0 Å². The smallest absolute Gasteiger partial charge is 0.244 e. The minimum Gasteiger partial charge on any atom is -0.323 e. The van der Waals surface area contributed by atoms with Crippen LogP contribution in [0.25, 0.3) is 0 Å². The number of nitrogen functional groups attached to an aromatic ring is 1. The van der Waals surface area contributed by atoms with Crippen LogP contribution in [0, 0.1) is 0 Å². The highest BCUT2D eigenvalue weighted by molar-refractivity contribution is 7.89. The van der Waals surface area contributed by atoms with Crippen molar-refractivity contribution in [1.82, 2.24) is 14.7 Å². The van der Waals surface area contributed by atoms with Gasteiger partial charge in [-0.2, -0.15) is 0 Å². The van der Waals surface area contributed by atoms with Gasteiger partial charge >= 0.3 is 0 Å². The quantitative estimate of drug-likeness (QED) is 0.521. The molecule has 20 heavy (non-hydrogen) atoms. The zero-order valence-corrected chi connectivity index (χ0v) is 11.5. The Morgan fingerprint density at radius 1 is 1.10 bits per heavy atom. The zero-order valence-electron chi connectivity index (χ0n) is 10.7. The van der Waals surface area contributed by atoms with Crippen LogP contribution >= 0.6 is 0 Å². The van der Waals surface area contributed by atoms with Gasteiger partial charge in [0.1, 0.15) is 4.90 Å². The van der Waals surface area contributed by atoms with Gasteiger partial charge in [0.05, 0.1) is 5.69 Å². The second-order valence-corrected chi connectivity index (χ2v) is 5.75. The van der Waals surface area contributed by atoms with Crippen molar-refractivity contribution in [2.24, 2.45) is 5.84 Å². The number of rotatable bonds is 6. The molecule has 7 nitrogen and oxygen atoms in total. The van der Waals surface area contributed by atoms with E-state index in [1.165, 1.54) is 18.5 Å². The molecule has 0 bridgehead atoms. The minimum atomic E-state index is -3.64. The Morgan fingerprint density at radius 2 is 1.80 bits per heavy atom. The lowest BCUT2D eigenvalue weighted by Gasteiger charge is -2.10. The van der Waals surface area contributed by atoms with Gasteiger partial charge in [-0.15, -0.1) is 0 Å². The molecule has 0 aliphatic heterocycles. The molecule has 2 heterocycles. The molecule has 0 aliphatic rings. The van der Waals surface area contributed by atoms with E-state index in [1.54, 1.807) is 12.4 Å². The van der Waals surface area contributed by atoms with Gasteiger partial charge in [-0.3, -0.25) is 15.8 Å². The number of sulfonamides is 1. The Morgan fingerprint density at radius 3 is 2.50 bits per heavy atom. The first-order chi connectivity index (χ1) is 9.63. The first-order valence-corrected chi connectivity index (χ1v) is 7.41. The van der Waals surface area contributed by atoms with E-state index in [-0.39, 0.29) is 11.4 Å². The van der Waals surface area contributed by atoms with Crippen LogP contribution in [0.15, 0.2) is 47.9 Å². The molecule has 0 saturated carbocycles. The summed E-state index contributed by atoms with van der Waals surface area (Å²) in [7, 11) is -3.64. The average molecular weight is 293 g/mol. The third kappa shape index (κ3) is 3.50. The first-order valence-electron chi connectivity index (χ1n) is 5.92. The molecule has 0 radical (unpaired) electrons. The number of hydrogen-bond acceptors (Lipinski definition) is 6. The molecular weight excluding hydrogens is 278 g/mol. The number of aromatic nitrogens is 2. The topological polar surface area (TPSA) is 110 Å². The van der Waals surface area contributed by atoms with Crippen LogP contribution in [0.4, 0.5) is 5.69 Å². The highest BCUT2D eigenvalue weighted by Crippen LogP contribution is 2.17. The van der Waals surface area contributed by atoms with Gasteiger partial charge in [-0.05, 0) is 30.2 Å². The predicted octanol–water partition coefficient (Wildman–Crippen LogP) is 0.283. The van der Waals surface area contributed by atoms with Crippen molar-refractivity contribution >= 4 is 15.7 Å². The summed E-state index contributed by atoms with van der Waals surface area (Å²) in [6.45, 7) is 0.283. The fourth-order valence-corrected chi connectivity index (χ4v) is 2.81.